The Morgan fingerprint density at radius 1 is 1.10 bits per heavy atom. The molecule has 30 heavy (non-hydrogen) atoms. The summed E-state index contributed by atoms with van der Waals surface area (Å²) >= 11 is 0. The highest BCUT2D eigenvalue weighted by molar-refractivity contribution is 5.93. The van der Waals surface area contributed by atoms with E-state index in [1.165, 1.54) is 0 Å². The van der Waals surface area contributed by atoms with Gasteiger partial charge in [-0.2, -0.15) is 0 Å². The number of nitrogens with one attached hydrogen (secondary N) is 1. The molecule has 1 fully saturated rings. The van der Waals surface area contributed by atoms with Gasteiger partial charge in [-0.3, -0.25) is 4.79 Å². The Balaban J connectivity index is 1.89. The first kappa shape index (κ1) is 23.7. The molecule has 0 bridgehead atoms. The Bertz CT molecular complexity index is 708. The van der Waals surface area contributed by atoms with E-state index < -0.39 is 23.9 Å². The van der Waals surface area contributed by atoms with Crippen LogP contribution in [0.1, 0.15) is 52.0 Å². The van der Waals surface area contributed by atoms with Gasteiger partial charge >= 0.3 is 12.2 Å². The largest absolute Gasteiger partial charge is 0.445 e. The molecule has 2 rings (SSSR count). The lowest BCUT2D eigenvalue weighted by Crippen LogP contribution is -2.47. The van der Waals surface area contributed by atoms with Gasteiger partial charge in [0.25, 0.3) is 0 Å². The first-order valence-corrected chi connectivity index (χ1v) is 10.3. The van der Waals surface area contributed by atoms with E-state index in [4.69, 9.17) is 9.47 Å². The number of aliphatic hydroxyl groups is 1. The number of ether oxygens (including phenoxy) is 2. The number of hydrogen-bond donors (Lipinski definition) is 2. The van der Waals surface area contributed by atoms with Gasteiger partial charge in [0.2, 0.25) is 5.91 Å². The lowest BCUT2D eigenvalue weighted by Gasteiger charge is -2.31. The number of imide groups is 1. The number of amides is 3. The smallest absolute Gasteiger partial charge is 0.417 e. The fourth-order valence-corrected chi connectivity index (χ4v) is 3.20. The summed E-state index contributed by atoms with van der Waals surface area (Å²) in [6, 6.07) is 9.27. The highest BCUT2D eigenvalue weighted by Crippen LogP contribution is 2.26. The summed E-state index contributed by atoms with van der Waals surface area (Å²) in [6.45, 7) is 5.34. The minimum atomic E-state index is -0.750. The van der Waals surface area contributed by atoms with Crippen molar-refractivity contribution in [2.24, 2.45) is 5.92 Å². The number of benzene rings is 1. The number of carbonyl (C=O) groups excluding carboxylic acids is 3. The van der Waals surface area contributed by atoms with Crippen LogP contribution < -0.4 is 5.32 Å². The van der Waals surface area contributed by atoms with E-state index in [-0.39, 0.29) is 31.5 Å². The van der Waals surface area contributed by atoms with Crippen LogP contribution in [0.15, 0.2) is 30.3 Å². The maximum atomic E-state index is 12.9. The second kappa shape index (κ2) is 11.0. The molecule has 1 aromatic rings. The van der Waals surface area contributed by atoms with E-state index >= 15 is 0 Å². The molecule has 1 aliphatic rings. The van der Waals surface area contributed by atoms with Gasteiger partial charge in [0.1, 0.15) is 12.2 Å². The van der Waals surface area contributed by atoms with E-state index in [1.807, 2.05) is 30.3 Å². The van der Waals surface area contributed by atoms with Crippen molar-refractivity contribution in [1.82, 2.24) is 10.2 Å². The predicted octanol–water partition coefficient (Wildman–Crippen LogP) is 3.23. The van der Waals surface area contributed by atoms with Crippen molar-refractivity contribution in [3.05, 3.63) is 35.9 Å². The number of nitrogens with zero attached hydrogens (tertiary/aromatic N) is 1. The number of rotatable bonds is 6. The fourth-order valence-electron chi connectivity index (χ4n) is 3.20. The number of hydrogen-bond acceptors (Lipinski definition) is 6. The molecular weight excluding hydrogens is 388 g/mol. The topological polar surface area (TPSA) is 105 Å². The van der Waals surface area contributed by atoms with Gasteiger partial charge in [-0.15, -0.1) is 0 Å². The van der Waals surface area contributed by atoms with Gasteiger partial charge < -0.3 is 19.9 Å². The Labute approximate surface area is 177 Å². The molecule has 166 valence electrons. The molecule has 0 atom stereocenters. The molecule has 0 heterocycles. The van der Waals surface area contributed by atoms with Crippen molar-refractivity contribution in [1.29, 1.82) is 0 Å². The molecular formula is C22H32N2O6. The van der Waals surface area contributed by atoms with Gasteiger partial charge in [0, 0.05) is 19.0 Å². The molecule has 2 N–H and O–H groups in total. The monoisotopic (exact) mass is 420 g/mol. The molecule has 1 aromatic carbocycles. The van der Waals surface area contributed by atoms with Crippen LogP contribution in [0.25, 0.3) is 0 Å². The Hall–Kier alpha value is -2.61. The summed E-state index contributed by atoms with van der Waals surface area (Å²) in [5.74, 6) is -0.679. The average molecular weight is 421 g/mol. The van der Waals surface area contributed by atoms with E-state index in [0.29, 0.717) is 25.7 Å². The van der Waals surface area contributed by atoms with Gasteiger partial charge in [-0.1, -0.05) is 30.3 Å². The van der Waals surface area contributed by atoms with Gasteiger partial charge in [-0.25, -0.2) is 14.5 Å². The van der Waals surface area contributed by atoms with Crippen LogP contribution in [0.2, 0.25) is 0 Å². The minimum Gasteiger partial charge on any atom is -0.445 e. The zero-order valence-corrected chi connectivity index (χ0v) is 17.9. The SMILES string of the molecule is CC(C)(C)OC(=O)N(CCNC(=O)OCc1ccccc1)C(=O)[C@H]1CC[C@@H](O)CC1. The van der Waals surface area contributed by atoms with Crippen molar-refractivity contribution in [2.75, 3.05) is 13.1 Å². The van der Waals surface area contributed by atoms with Crippen molar-refractivity contribution in [2.45, 2.75) is 64.8 Å². The van der Waals surface area contributed by atoms with Crippen molar-refractivity contribution in [3.63, 3.8) is 0 Å². The summed E-state index contributed by atoms with van der Waals surface area (Å²) in [5.41, 5.74) is 0.109. The van der Waals surface area contributed by atoms with Crippen molar-refractivity contribution < 1.29 is 29.0 Å². The molecule has 0 spiro atoms. The first-order chi connectivity index (χ1) is 14.2. The third kappa shape index (κ3) is 8.02. The van der Waals surface area contributed by atoms with Crippen molar-refractivity contribution >= 4 is 18.1 Å². The van der Waals surface area contributed by atoms with Crippen LogP contribution in [0.4, 0.5) is 9.59 Å². The molecule has 8 nitrogen and oxygen atoms in total. The standard InChI is InChI=1S/C22H32N2O6/c1-22(2,3)30-21(28)24(19(26)17-9-11-18(25)12-10-17)14-13-23-20(27)29-15-16-7-5-4-6-8-16/h4-8,17-18,25H,9-15H2,1-3H3,(H,23,27)/t17-,18+. The molecule has 3 amide bonds. The van der Waals surface area contributed by atoms with Crippen LogP contribution in [0, 0.1) is 5.92 Å². The van der Waals surface area contributed by atoms with Crippen LogP contribution in [0.5, 0.6) is 0 Å². The third-order valence-electron chi connectivity index (χ3n) is 4.74. The molecule has 0 aliphatic heterocycles. The summed E-state index contributed by atoms with van der Waals surface area (Å²) < 4.78 is 10.5. The summed E-state index contributed by atoms with van der Waals surface area (Å²) in [4.78, 5) is 38.5. The molecule has 0 radical (unpaired) electrons. The quantitative estimate of drug-likeness (QED) is 0.732. The number of carbonyl (C=O) groups is 3. The Kier molecular flexibility index (Phi) is 8.65. The molecule has 1 saturated carbocycles. The first-order valence-electron chi connectivity index (χ1n) is 10.3. The summed E-state index contributed by atoms with van der Waals surface area (Å²) in [6.07, 6.45) is 0.336. The predicted molar refractivity (Wildman–Crippen MR) is 111 cm³/mol. The van der Waals surface area contributed by atoms with E-state index in [9.17, 15) is 19.5 Å². The highest BCUT2D eigenvalue weighted by atomic mass is 16.6. The average Bonchev–Trinajstić information content (AvgIpc) is 2.69. The van der Waals surface area contributed by atoms with E-state index in [0.717, 1.165) is 10.5 Å². The van der Waals surface area contributed by atoms with E-state index in [2.05, 4.69) is 5.32 Å². The zero-order chi connectivity index (χ0) is 22.1. The van der Waals surface area contributed by atoms with E-state index in [1.54, 1.807) is 20.8 Å². The molecule has 0 aromatic heterocycles. The maximum absolute atomic E-state index is 12.9. The van der Waals surface area contributed by atoms with Crippen molar-refractivity contribution in [3.8, 4) is 0 Å². The number of aliphatic hydroxyl groups excluding tert-OH is 1. The molecule has 8 heteroatoms. The summed E-state index contributed by atoms with van der Waals surface area (Å²) in [7, 11) is 0. The normalized spacial score (nSPS) is 18.9. The van der Waals surface area contributed by atoms with Crippen LogP contribution in [-0.2, 0) is 20.9 Å². The molecule has 0 unspecified atom stereocenters. The highest BCUT2D eigenvalue weighted by Gasteiger charge is 2.34. The Morgan fingerprint density at radius 3 is 2.33 bits per heavy atom. The van der Waals surface area contributed by atoms with Gasteiger partial charge in [-0.05, 0) is 52.0 Å². The zero-order valence-electron chi connectivity index (χ0n) is 17.9. The maximum Gasteiger partial charge on any atom is 0.417 e. The lowest BCUT2D eigenvalue weighted by molar-refractivity contribution is -0.136. The fraction of sp³-hybridized carbons (Fsp3) is 0.591. The Morgan fingerprint density at radius 2 is 1.73 bits per heavy atom. The van der Waals surface area contributed by atoms with Crippen LogP contribution in [-0.4, -0.2) is 52.9 Å². The minimum absolute atomic E-state index is 0.0206. The van der Waals surface area contributed by atoms with Crippen LogP contribution >= 0.6 is 0 Å². The molecule has 0 saturated heterocycles. The van der Waals surface area contributed by atoms with Gasteiger partial charge in [0.05, 0.1) is 6.10 Å². The third-order valence-corrected chi connectivity index (χ3v) is 4.74. The number of alkyl carbamates (subject to hydrolysis) is 1. The molecule has 1 aliphatic carbocycles. The summed E-state index contributed by atoms with van der Waals surface area (Å²) in [5, 5.41) is 12.2. The second-order valence-electron chi connectivity index (χ2n) is 8.46. The van der Waals surface area contributed by atoms with Gasteiger partial charge in [0.15, 0.2) is 0 Å². The van der Waals surface area contributed by atoms with Crippen LogP contribution in [0.3, 0.4) is 0 Å². The second-order valence-corrected chi connectivity index (χ2v) is 8.46. The lowest BCUT2D eigenvalue weighted by atomic mass is 9.86.